The van der Waals surface area contributed by atoms with Gasteiger partial charge in [0, 0.05) is 18.4 Å². The van der Waals surface area contributed by atoms with Gasteiger partial charge in [-0.15, -0.1) is 0 Å². The van der Waals surface area contributed by atoms with E-state index in [1.165, 1.54) is 37.7 Å². The zero-order chi connectivity index (χ0) is 12.8. The summed E-state index contributed by atoms with van der Waals surface area (Å²) in [5, 5.41) is 3.54. The molecule has 2 nitrogen and oxygen atoms in total. The monoisotopic (exact) mass is 246 g/mol. The number of nitrogens with one attached hydrogen (secondary N) is 1. The average Bonchev–Trinajstić information content (AvgIpc) is 2.37. The molecule has 100 valence electrons. The van der Waals surface area contributed by atoms with Gasteiger partial charge in [0.05, 0.1) is 0 Å². The third-order valence-electron chi connectivity index (χ3n) is 4.08. The van der Waals surface area contributed by atoms with Crippen LogP contribution in [0.25, 0.3) is 0 Å². The summed E-state index contributed by atoms with van der Waals surface area (Å²) in [6, 6.07) is 4.25. The number of nitrogens with zero attached hydrogens (tertiary/aromatic N) is 1. The van der Waals surface area contributed by atoms with E-state index in [0.29, 0.717) is 0 Å². The van der Waals surface area contributed by atoms with Crippen LogP contribution in [0.1, 0.15) is 50.3 Å². The van der Waals surface area contributed by atoms with Crippen molar-refractivity contribution >= 4 is 0 Å². The van der Waals surface area contributed by atoms with Crippen LogP contribution < -0.4 is 5.32 Å². The van der Waals surface area contributed by atoms with Gasteiger partial charge in [0.1, 0.15) is 0 Å². The van der Waals surface area contributed by atoms with Gasteiger partial charge >= 0.3 is 0 Å². The highest BCUT2D eigenvalue weighted by Gasteiger charge is 2.17. The van der Waals surface area contributed by atoms with E-state index in [1.807, 2.05) is 13.1 Å². The number of aromatic nitrogens is 1. The van der Waals surface area contributed by atoms with E-state index in [4.69, 9.17) is 0 Å². The molecule has 2 rings (SSSR count). The minimum atomic E-state index is 0.949. The fraction of sp³-hybridized carbons (Fsp3) is 0.688. The molecule has 1 aliphatic rings. The van der Waals surface area contributed by atoms with Crippen molar-refractivity contribution in [1.82, 2.24) is 10.3 Å². The lowest BCUT2D eigenvalue weighted by atomic mass is 9.81. The zero-order valence-electron chi connectivity index (χ0n) is 11.8. The Kier molecular flexibility index (Phi) is 5.18. The predicted molar refractivity (Wildman–Crippen MR) is 76.4 cm³/mol. The highest BCUT2D eigenvalue weighted by Crippen LogP contribution is 2.30. The molecule has 18 heavy (non-hydrogen) atoms. The molecule has 1 aromatic heterocycles. The van der Waals surface area contributed by atoms with Gasteiger partial charge in [-0.25, -0.2) is 0 Å². The van der Waals surface area contributed by atoms with Crippen molar-refractivity contribution in [2.75, 3.05) is 6.54 Å². The van der Waals surface area contributed by atoms with Crippen LogP contribution in [0.5, 0.6) is 0 Å². The number of hydrogen-bond acceptors (Lipinski definition) is 2. The first kappa shape index (κ1) is 13.5. The lowest BCUT2D eigenvalue weighted by molar-refractivity contribution is 0.267. The van der Waals surface area contributed by atoms with Gasteiger partial charge in [0.15, 0.2) is 0 Å². The minimum Gasteiger partial charge on any atom is -0.313 e. The summed E-state index contributed by atoms with van der Waals surface area (Å²) < 4.78 is 0. The summed E-state index contributed by atoms with van der Waals surface area (Å²) in [6.07, 6.45) is 9.08. The summed E-state index contributed by atoms with van der Waals surface area (Å²) in [7, 11) is 0. The highest BCUT2D eigenvalue weighted by atomic mass is 14.8. The van der Waals surface area contributed by atoms with E-state index >= 15 is 0 Å². The second-order valence-electron chi connectivity index (χ2n) is 5.91. The molecular formula is C16H26N2. The molecule has 1 aromatic rings. The maximum absolute atomic E-state index is 4.32. The third kappa shape index (κ3) is 4.41. The molecule has 2 heteroatoms. The summed E-state index contributed by atoms with van der Waals surface area (Å²) in [4.78, 5) is 4.32. The second kappa shape index (κ2) is 6.89. The molecule has 0 saturated heterocycles. The molecule has 1 N–H and O–H groups in total. The van der Waals surface area contributed by atoms with Gasteiger partial charge in [-0.3, -0.25) is 4.98 Å². The van der Waals surface area contributed by atoms with Gasteiger partial charge in [-0.05, 0) is 49.8 Å². The molecule has 0 aromatic carbocycles. The first-order valence-electron chi connectivity index (χ1n) is 7.36. The van der Waals surface area contributed by atoms with Crippen LogP contribution in [0.2, 0.25) is 0 Å². The van der Waals surface area contributed by atoms with Crippen molar-refractivity contribution in [3.63, 3.8) is 0 Å². The summed E-state index contributed by atoms with van der Waals surface area (Å²) >= 11 is 0. The predicted octanol–water partition coefficient (Wildman–Crippen LogP) is 3.70. The van der Waals surface area contributed by atoms with Gasteiger partial charge < -0.3 is 5.32 Å². The highest BCUT2D eigenvalue weighted by molar-refractivity contribution is 5.12. The van der Waals surface area contributed by atoms with E-state index < -0.39 is 0 Å². The van der Waals surface area contributed by atoms with Crippen molar-refractivity contribution in [2.24, 2.45) is 11.8 Å². The van der Waals surface area contributed by atoms with Crippen LogP contribution in [0.4, 0.5) is 0 Å². The van der Waals surface area contributed by atoms with Gasteiger partial charge in [-0.2, -0.15) is 0 Å². The maximum atomic E-state index is 4.32. The second-order valence-corrected chi connectivity index (χ2v) is 5.91. The maximum Gasteiger partial charge on any atom is 0.0372 e. The van der Waals surface area contributed by atoms with Gasteiger partial charge in [0.2, 0.25) is 0 Å². The fourth-order valence-electron chi connectivity index (χ4n) is 2.96. The lowest BCUT2D eigenvalue weighted by Gasteiger charge is -2.26. The van der Waals surface area contributed by atoms with E-state index in [-0.39, 0.29) is 0 Å². The smallest absolute Gasteiger partial charge is 0.0372 e. The molecular weight excluding hydrogens is 220 g/mol. The molecule has 0 bridgehead atoms. The number of rotatable bonds is 5. The molecule has 2 unspecified atom stereocenters. The molecule has 1 fully saturated rings. The zero-order valence-corrected chi connectivity index (χ0v) is 11.8. The number of pyridine rings is 1. The fourth-order valence-corrected chi connectivity index (χ4v) is 2.96. The molecule has 1 aliphatic carbocycles. The van der Waals surface area contributed by atoms with Gasteiger partial charge in [0.25, 0.3) is 0 Å². The van der Waals surface area contributed by atoms with Crippen LogP contribution in [-0.4, -0.2) is 11.5 Å². The Bertz CT molecular complexity index is 345. The Morgan fingerprint density at radius 3 is 2.94 bits per heavy atom. The number of aryl methyl sites for hydroxylation is 1. The SMILES string of the molecule is Cc1ccc(CNCCC2CCCC(C)C2)cn1. The van der Waals surface area contributed by atoms with Crippen LogP contribution in [0.15, 0.2) is 18.3 Å². The van der Waals surface area contributed by atoms with E-state index in [9.17, 15) is 0 Å². The van der Waals surface area contributed by atoms with Crippen molar-refractivity contribution in [1.29, 1.82) is 0 Å². The van der Waals surface area contributed by atoms with Gasteiger partial charge in [-0.1, -0.05) is 32.3 Å². The molecule has 0 amide bonds. The van der Waals surface area contributed by atoms with E-state index in [1.54, 1.807) is 0 Å². The topological polar surface area (TPSA) is 24.9 Å². The number of hydrogen-bond donors (Lipinski definition) is 1. The Morgan fingerprint density at radius 1 is 1.33 bits per heavy atom. The minimum absolute atomic E-state index is 0.949. The molecule has 0 radical (unpaired) electrons. The first-order valence-corrected chi connectivity index (χ1v) is 7.36. The first-order chi connectivity index (χ1) is 8.74. The van der Waals surface area contributed by atoms with E-state index in [2.05, 4.69) is 29.4 Å². The van der Waals surface area contributed by atoms with Crippen molar-refractivity contribution in [3.8, 4) is 0 Å². The molecule has 1 heterocycles. The van der Waals surface area contributed by atoms with Crippen LogP contribution in [-0.2, 0) is 6.54 Å². The Labute approximate surface area is 111 Å². The Morgan fingerprint density at radius 2 is 2.22 bits per heavy atom. The summed E-state index contributed by atoms with van der Waals surface area (Å²) in [5.74, 6) is 1.91. The summed E-state index contributed by atoms with van der Waals surface area (Å²) in [5.41, 5.74) is 2.38. The van der Waals surface area contributed by atoms with Crippen LogP contribution in [0.3, 0.4) is 0 Å². The lowest BCUT2D eigenvalue weighted by Crippen LogP contribution is -2.21. The average molecular weight is 246 g/mol. The van der Waals surface area contributed by atoms with Crippen LogP contribution >= 0.6 is 0 Å². The van der Waals surface area contributed by atoms with Crippen molar-refractivity contribution in [2.45, 2.75) is 52.5 Å². The van der Waals surface area contributed by atoms with Crippen molar-refractivity contribution in [3.05, 3.63) is 29.6 Å². The van der Waals surface area contributed by atoms with Crippen LogP contribution in [0, 0.1) is 18.8 Å². The normalized spacial score (nSPS) is 24.1. The molecule has 2 atom stereocenters. The molecule has 1 saturated carbocycles. The summed E-state index contributed by atoms with van der Waals surface area (Å²) in [6.45, 7) is 6.53. The standard InChI is InChI=1S/C16H26N2/c1-13-4-3-5-15(10-13)8-9-17-11-16-7-6-14(2)18-12-16/h6-7,12-13,15,17H,3-5,8-11H2,1-2H3. The Balaban J connectivity index is 1.62. The third-order valence-corrected chi connectivity index (χ3v) is 4.08. The quantitative estimate of drug-likeness (QED) is 0.801. The van der Waals surface area contributed by atoms with Crippen molar-refractivity contribution < 1.29 is 0 Å². The molecule has 0 aliphatic heterocycles. The largest absolute Gasteiger partial charge is 0.313 e. The Hall–Kier alpha value is -0.890. The molecule has 0 spiro atoms. The van der Waals surface area contributed by atoms with E-state index in [0.717, 1.165) is 30.6 Å².